The molecule has 2 heterocycles. The Morgan fingerprint density at radius 1 is 1.53 bits per heavy atom. The summed E-state index contributed by atoms with van der Waals surface area (Å²) in [6.07, 6.45) is 2.69. The molecule has 0 amide bonds. The van der Waals surface area contributed by atoms with Crippen LogP contribution >= 0.6 is 0 Å². The highest BCUT2D eigenvalue weighted by Crippen LogP contribution is 2.17. The molecule has 0 saturated carbocycles. The van der Waals surface area contributed by atoms with Crippen LogP contribution in [0.4, 0.5) is 5.82 Å². The molecule has 19 heavy (non-hydrogen) atoms. The van der Waals surface area contributed by atoms with Gasteiger partial charge in [-0.3, -0.25) is 0 Å². The summed E-state index contributed by atoms with van der Waals surface area (Å²) in [7, 11) is 1.30. The van der Waals surface area contributed by atoms with Gasteiger partial charge in [0.25, 0.3) is 0 Å². The Kier molecular flexibility index (Phi) is 4.28. The number of hydrogen-bond donors (Lipinski definition) is 1. The van der Waals surface area contributed by atoms with E-state index in [0.29, 0.717) is 18.9 Å². The number of carbonyl (C=O) groups is 1. The van der Waals surface area contributed by atoms with Crippen molar-refractivity contribution in [3.63, 3.8) is 0 Å². The number of nitrogens with zero attached hydrogens (tertiary/aromatic N) is 3. The van der Waals surface area contributed by atoms with Crippen LogP contribution in [0.1, 0.15) is 17.4 Å². The molecule has 0 bridgehead atoms. The minimum absolute atomic E-state index is 0.00739. The molecule has 1 N–H and O–H groups in total. The van der Waals surface area contributed by atoms with Gasteiger partial charge < -0.3 is 19.5 Å². The van der Waals surface area contributed by atoms with Crippen molar-refractivity contribution in [3.05, 3.63) is 18.1 Å². The number of morpholine rings is 1. The van der Waals surface area contributed by atoms with Crippen LogP contribution in [-0.2, 0) is 9.47 Å². The van der Waals surface area contributed by atoms with E-state index in [-0.39, 0.29) is 24.5 Å². The second-order valence-electron chi connectivity index (χ2n) is 4.41. The van der Waals surface area contributed by atoms with Crippen molar-refractivity contribution >= 4 is 11.8 Å². The van der Waals surface area contributed by atoms with E-state index in [1.165, 1.54) is 19.5 Å². The third-order valence-corrected chi connectivity index (χ3v) is 2.89. The van der Waals surface area contributed by atoms with Gasteiger partial charge >= 0.3 is 5.97 Å². The molecule has 2 atom stereocenters. The standard InChI is InChI=1S/C12H17N3O4/c1-8-5-15(6-9(7-16)19-8)11-4-13-10(3-14-11)12(17)18-2/h3-4,8-9,16H,5-7H2,1-2H3. The Balaban J connectivity index is 2.11. The van der Waals surface area contributed by atoms with E-state index in [0.717, 1.165) is 0 Å². The van der Waals surface area contributed by atoms with Crippen LogP contribution in [0.3, 0.4) is 0 Å². The number of carbonyl (C=O) groups excluding carboxylic acids is 1. The Hall–Kier alpha value is -1.73. The van der Waals surface area contributed by atoms with Crippen LogP contribution in [-0.4, -0.2) is 60.1 Å². The van der Waals surface area contributed by atoms with E-state index in [4.69, 9.17) is 4.74 Å². The average Bonchev–Trinajstić information content (AvgIpc) is 2.46. The molecule has 7 heteroatoms. The van der Waals surface area contributed by atoms with Crippen molar-refractivity contribution < 1.29 is 19.4 Å². The highest BCUT2D eigenvalue weighted by molar-refractivity contribution is 5.86. The number of anilines is 1. The van der Waals surface area contributed by atoms with Crippen molar-refractivity contribution in [2.75, 3.05) is 31.7 Å². The maximum absolute atomic E-state index is 11.3. The summed E-state index contributed by atoms with van der Waals surface area (Å²) in [6, 6.07) is 0. The van der Waals surface area contributed by atoms with Crippen LogP contribution < -0.4 is 4.90 Å². The molecule has 0 spiro atoms. The van der Waals surface area contributed by atoms with E-state index in [9.17, 15) is 9.90 Å². The number of esters is 1. The molecule has 1 aromatic rings. The summed E-state index contributed by atoms with van der Waals surface area (Å²) in [4.78, 5) is 21.5. The predicted molar refractivity (Wildman–Crippen MR) is 67.0 cm³/mol. The SMILES string of the molecule is COC(=O)c1cnc(N2CC(C)OC(CO)C2)cn1. The summed E-state index contributed by atoms with van der Waals surface area (Å²) < 4.78 is 10.1. The van der Waals surface area contributed by atoms with Gasteiger partial charge in [0.2, 0.25) is 0 Å². The van der Waals surface area contributed by atoms with Gasteiger partial charge in [-0.2, -0.15) is 0 Å². The number of ether oxygens (including phenoxy) is 2. The lowest BCUT2D eigenvalue weighted by Crippen LogP contribution is -2.48. The minimum Gasteiger partial charge on any atom is -0.464 e. The van der Waals surface area contributed by atoms with Crippen LogP contribution in [0.5, 0.6) is 0 Å². The lowest BCUT2D eigenvalue weighted by atomic mass is 10.2. The number of rotatable bonds is 3. The van der Waals surface area contributed by atoms with Crippen molar-refractivity contribution in [2.24, 2.45) is 0 Å². The normalized spacial score (nSPS) is 23.2. The zero-order valence-corrected chi connectivity index (χ0v) is 10.9. The molecule has 1 fully saturated rings. The van der Waals surface area contributed by atoms with Gasteiger partial charge in [0.1, 0.15) is 5.82 Å². The monoisotopic (exact) mass is 267 g/mol. The fourth-order valence-corrected chi connectivity index (χ4v) is 2.03. The van der Waals surface area contributed by atoms with Gasteiger partial charge in [-0.1, -0.05) is 0 Å². The Morgan fingerprint density at radius 3 is 2.89 bits per heavy atom. The Bertz CT molecular complexity index is 437. The first-order valence-electron chi connectivity index (χ1n) is 6.05. The van der Waals surface area contributed by atoms with Crippen molar-refractivity contribution in [1.82, 2.24) is 9.97 Å². The highest BCUT2D eigenvalue weighted by atomic mass is 16.5. The van der Waals surface area contributed by atoms with Gasteiger partial charge in [0, 0.05) is 13.1 Å². The van der Waals surface area contributed by atoms with Crippen molar-refractivity contribution in [1.29, 1.82) is 0 Å². The second kappa shape index (κ2) is 5.94. The fraction of sp³-hybridized carbons (Fsp3) is 0.583. The van der Waals surface area contributed by atoms with E-state index in [1.54, 1.807) is 0 Å². The molecular formula is C12H17N3O4. The maximum atomic E-state index is 11.3. The molecule has 0 radical (unpaired) electrons. The third kappa shape index (κ3) is 3.18. The van der Waals surface area contributed by atoms with E-state index in [2.05, 4.69) is 14.7 Å². The molecule has 1 aliphatic heterocycles. The van der Waals surface area contributed by atoms with Gasteiger partial charge in [-0.05, 0) is 6.92 Å². The van der Waals surface area contributed by atoms with E-state index >= 15 is 0 Å². The number of aliphatic hydroxyl groups is 1. The third-order valence-electron chi connectivity index (χ3n) is 2.89. The van der Waals surface area contributed by atoms with E-state index < -0.39 is 5.97 Å². The van der Waals surface area contributed by atoms with Gasteiger partial charge in [-0.25, -0.2) is 14.8 Å². The number of aromatic nitrogens is 2. The average molecular weight is 267 g/mol. The van der Waals surface area contributed by atoms with Crippen LogP contribution in [0.15, 0.2) is 12.4 Å². The molecule has 0 aliphatic carbocycles. The maximum Gasteiger partial charge on any atom is 0.358 e. The highest BCUT2D eigenvalue weighted by Gasteiger charge is 2.25. The van der Waals surface area contributed by atoms with Crippen molar-refractivity contribution in [2.45, 2.75) is 19.1 Å². The Labute approximate surface area is 111 Å². The largest absolute Gasteiger partial charge is 0.464 e. The molecule has 1 aliphatic rings. The molecule has 2 rings (SSSR count). The first-order chi connectivity index (χ1) is 9.13. The zero-order valence-electron chi connectivity index (χ0n) is 10.9. The molecule has 2 unspecified atom stereocenters. The first-order valence-corrected chi connectivity index (χ1v) is 6.05. The van der Waals surface area contributed by atoms with Crippen molar-refractivity contribution in [3.8, 4) is 0 Å². The zero-order chi connectivity index (χ0) is 13.8. The van der Waals surface area contributed by atoms with Gasteiger partial charge in [-0.15, -0.1) is 0 Å². The number of hydrogen-bond acceptors (Lipinski definition) is 7. The quantitative estimate of drug-likeness (QED) is 0.762. The molecular weight excluding hydrogens is 250 g/mol. The summed E-state index contributed by atoms with van der Waals surface area (Å²) in [5.41, 5.74) is 0.172. The van der Waals surface area contributed by atoms with Crippen LogP contribution in [0, 0.1) is 0 Å². The fourth-order valence-electron chi connectivity index (χ4n) is 2.03. The number of aliphatic hydroxyl groups excluding tert-OH is 1. The first kappa shape index (κ1) is 13.7. The lowest BCUT2D eigenvalue weighted by Gasteiger charge is -2.36. The number of methoxy groups -OCH3 is 1. The molecule has 104 valence electrons. The van der Waals surface area contributed by atoms with Gasteiger partial charge in [0.05, 0.1) is 38.3 Å². The van der Waals surface area contributed by atoms with E-state index in [1.807, 2.05) is 11.8 Å². The van der Waals surface area contributed by atoms with Crippen LogP contribution in [0.2, 0.25) is 0 Å². The summed E-state index contributed by atoms with van der Waals surface area (Å²) in [5, 5.41) is 9.17. The molecule has 1 aromatic heterocycles. The molecule has 7 nitrogen and oxygen atoms in total. The predicted octanol–water partition coefficient (Wildman–Crippen LogP) is -0.151. The summed E-state index contributed by atoms with van der Waals surface area (Å²) in [5.74, 6) is 0.142. The summed E-state index contributed by atoms with van der Waals surface area (Å²) >= 11 is 0. The lowest BCUT2D eigenvalue weighted by molar-refractivity contribution is -0.0423. The second-order valence-corrected chi connectivity index (χ2v) is 4.41. The summed E-state index contributed by atoms with van der Waals surface area (Å²) in [6.45, 7) is 3.12. The topological polar surface area (TPSA) is 84.8 Å². The Morgan fingerprint density at radius 2 is 2.32 bits per heavy atom. The van der Waals surface area contributed by atoms with Crippen LogP contribution in [0.25, 0.3) is 0 Å². The minimum atomic E-state index is -0.511. The molecule has 1 saturated heterocycles. The molecule has 0 aromatic carbocycles. The van der Waals surface area contributed by atoms with Gasteiger partial charge in [0.15, 0.2) is 5.69 Å². The smallest absolute Gasteiger partial charge is 0.358 e.